The smallest absolute Gasteiger partial charge is 0.160 e. The summed E-state index contributed by atoms with van der Waals surface area (Å²) in [5, 5.41) is 9.46. The number of carbonyl (C=O) groups is 1. The van der Waals surface area contributed by atoms with Crippen molar-refractivity contribution in [2.24, 2.45) is 0 Å². The molecule has 1 N–H and O–H groups in total. The van der Waals surface area contributed by atoms with E-state index in [1.807, 2.05) is 25.1 Å². The van der Waals surface area contributed by atoms with Crippen molar-refractivity contribution in [3.8, 4) is 11.5 Å². The largest absolute Gasteiger partial charge is 0.504 e. The fourth-order valence-corrected chi connectivity index (χ4v) is 1.63. The van der Waals surface area contributed by atoms with Gasteiger partial charge in [0.1, 0.15) is 0 Å². The zero-order chi connectivity index (χ0) is 13.4. The number of ketones is 1. The summed E-state index contributed by atoms with van der Waals surface area (Å²) in [6, 6.07) is 5.37. The lowest BCUT2D eigenvalue weighted by molar-refractivity contribution is -0.114. The molecule has 18 heavy (non-hydrogen) atoms. The number of carbonyl (C=O) groups excluding carboxylic acids is 1. The van der Waals surface area contributed by atoms with Gasteiger partial charge in [0.15, 0.2) is 17.3 Å². The maximum Gasteiger partial charge on any atom is 0.160 e. The lowest BCUT2D eigenvalue weighted by Gasteiger charge is -2.05. The molecule has 3 nitrogen and oxygen atoms in total. The van der Waals surface area contributed by atoms with Crippen molar-refractivity contribution in [3.63, 3.8) is 0 Å². The molecule has 1 aromatic rings. The monoisotopic (exact) mass is 248 g/mol. The molecule has 0 atom stereocenters. The quantitative estimate of drug-likeness (QED) is 0.595. The topological polar surface area (TPSA) is 46.5 Å². The molecule has 0 fully saturated rings. The number of hydrogen-bond donors (Lipinski definition) is 1. The number of phenols is 1. The van der Waals surface area contributed by atoms with Crippen molar-refractivity contribution in [2.45, 2.75) is 32.6 Å². The van der Waals surface area contributed by atoms with E-state index in [4.69, 9.17) is 4.74 Å². The number of allylic oxidation sites excluding steroid dienone is 2. The highest BCUT2D eigenvalue weighted by atomic mass is 16.5. The second-order valence-corrected chi connectivity index (χ2v) is 4.12. The molecule has 1 rings (SSSR count). The Morgan fingerprint density at radius 3 is 2.89 bits per heavy atom. The summed E-state index contributed by atoms with van der Waals surface area (Å²) in [5.41, 5.74) is 1.12. The van der Waals surface area contributed by atoms with Gasteiger partial charge >= 0.3 is 0 Å². The van der Waals surface area contributed by atoms with Gasteiger partial charge < -0.3 is 9.84 Å². The van der Waals surface area contributed by atoms with Crippen LogP contribution in [0.1, 0.15) is 31.7 Å². The standard InChI is InChI=1S/C15H20O3/c1-3-13(16)8-6-4-5-7-12-9-10-14(17)15(11-12)18-2/h6,8-11,17H,3-5,7H2,1-2H3. The summed E-state index contributed by atoms with van der Waals surface area (Å²) in [5.74, 6) is 0.834. The Morgan fingerprint density at radius 1 is 1.44 bits per heavy atom. The van der Waals surface area contributed by atoms with E-state index in [-0.39, 0.29) is 11.5 Å². The highest BCUT2D eigenvalue weighted by Gasteiger charge is 2.02. The Bertz CT molecular complexity index is 422. The predicted octanol–water partition coefficient (Wildman–Crippen LogP) is 3.26. The molecule has 3 heteroatoms. The number of hydrogen-bond acceptors (Lipinski definition) is 3. The molecule has 0 bridgehead atoms. The van der Waals surface area contributed by atoms with Crippen LogP contribution in [0, 0.1) is 0 Å². The Hall–Kier alpha value is -1.77. The zero-order valence-electron chi connectivity index (χ0n) is 11.0. The number of rotatable bonds is 7. The van der Waals surface area contributed by atoms with Gasteiger partial charge in [-0.05, 0) is 43.0 Å². The van der Waals surface area contributed by atoms with Crippen molar-refractivity contribution in [1.29, 1.82) is 0 Å². The number of phenolic OH excluding ortho intramolecular Hbond substituents is 1. The van der Waals surface area contributed by atoms with Crippen molar-refractivity contribution < 1.29 is 14.6 Å². The summed E-state index contributed by atoms with van der Waals surface area (Å²) in [6.45, 7) is 1.86. The first-order valence-electron chi connectivity index (χ1n) is 6.22. The molecule has 0 heterocycles. The molecule has 0 amide bonds. The van der Waals surface area contributed by atoms with Crippen LogP contribution in [0.2, 0.25) is 0 Å². The summed E-state index contributed by atoms with van der Waals surface area (Å²) >= 11 is 0. The molecule has 0 aliphatic rings. The molecule has 0 radical (unpaired) electrons. The van der Waals surface area contributed by atoms with Gasteiger partial charge in [-0.15, -0.1) is 0 Å². The molecular weight excluding hydrogens is 228 g/mol. The minimum atomic E-state index is 0.162. The molecule has 0 spiro atoms. The number of methoxy groups -OCH3 is 1. The van der Waals surface area contributed by atoms with Crippen LogP contribution < -0.4 is 4.74 Å². The van der Waals surface area contributed by atoms with E-state index in [9.17, 15) is 9.90 Å². The fourth-order valence-electron chi connectivity index (χ4n) is 1.63. The number of ether oxygens (including phenoxy) is 1. The second-order valence-electron chi connectivity index (χ2n) is 4.12. The van der Waals surface area contributed by atoms with Gasteiger partial charge in [-0.1, -0.05) is 19.1 Å². The first kappa shape index (κ1) is 14.3. The Labute approximate surface area is 108 Å². The maximum absolute atomic E-state index is 11.0. The molecule has 0 aromatic heterocycles. The van der Waals surface area contributed by atoms with Gasteiger partial charge in [0.05, 0.1) is 7.11 Å². The van der Waals surface area contributed by atoms with Crippen LogP contribution in [-0.4, -0.2) is 18.0 Å². The number of unbranched alkanes of at least 4 members (excludes halogenated alkanes) is 1. The number of aromatic hydroxyl groups is 1. The van der Waals surface area contributed by atoms with Crippen molar-refractivity contribution >= 4 is 5.78 Å². The lowest BCUT2D eigenvalue weighted by Crippen LogP contribution is -1.89. The molecule has 0 aliphatic heterocycles. The first-order chi connectivity index (χ1) is 8.67. The van der Waals surface area contributed by atoms with Crippen LogP contribution in [0.5, 0.6) is 11.5 Å². The van der Waals surface area contributed by atoms with Crippen molar-refractivity contribution in [1.82, 2.24) is 0 Å². The van der Waals surface area contributed by atoms with Crippen molar-refractivity contribution in [3.05, 3.63) is 35.9 Å². The Kier molecular flexibility index (Phi) is 5.98. The van der Waals surface area contributed by atoms with E-state index in [1.54, 1.807) is 12.1 Å². The normalized spacial score (nSPS) is 10.8. The molecule has 0 saturated heterocycles. The molecule has 98 valence electrons. The average molecular weight is 248 g/mol. The van der Waals surface area contributed by atoms with Gasteiger partial charge in [-0.2, -0.15) is 0 Å². The third-order valence-corrected chi connectivity index (χ3v) is 2.73. The molecule has 0 saturated carbocycles. The van der Waals surface area contributed by atoms with E-state index >= 15 is 0 Å². The Morgan fingerprint density at radius 2 is 2.22 bits per heavy atom. The molecule has 0 unspecified atom stereocenters. The summed E-state index contributed by atoms with van der Waals surface area (Å²) in [6.07, 6.45) is 6.89. The Balaban J connectivity index is 2.40. The van der Waals surface area contributed by atoms with Gasteiger partial charge in [-0.25, -0.2) is 0 Å². The zero-order valence-corrected chi connectivity index (χ0v) is 11.0. The predicted molar refractivity (Wildman–Crippen MR) is 72.0 cm³/mol. The van der Waals surface area contributed by atoms with Gasteiger partial charge in [0, 0.05) is 6.42 Å². The first-order valence-corrected chi connectivity index (χ1v) is 6.22. The van der Waals surface area contributed by atoms with Crippen LogP contribution in [-0.2, 0) is 11.2 Å². The minimum absolute atomic E-state index is 0.162. The summed E-state index contributed by atoms with van der Waals surface area (Å²) in [7, 11) is 1.54. The van der Waals surface area contributed by atoms with Gasteiger partial charge in [0.2, 0.25) is 0 Å². The fraction of sp³-hybridized carbons (Fsp3) is 0.400. The number of aryl methyl sites for hydroxylation is 1. The van der Waals surface area contributed by atoms with Crippen LogP contribution >= 0.6 is 0 Å². The summed E-state index contributed by atoms with van der Waals surface area (Å²) < 4.78 is 5.05. The third-order valence-electron chi connectivity index (χ3n) is 2.73. The van der Waals surface area contributed by atoms with E-state index in [1.165, 1.54) is 7.11 Å². The maximum atomic E-state index is 11.0. The average Bonchev–Trinajstić information content (AvgIpc) is 2.39. The molecule has 0 aliphatic carbocycles. The van der Waals surface area contributed by atoms with Crippen LogP contribution in [0.4, 0.5) is 0 Å². The highest BCUT2D eigenvalue weighted by molar-refractivity contribution is 5.89. The second kappa shape index (κ2) is 7.54. The van der Waals surface area contributed by atoms with Crippen LogP contribution in [0.25, 0.3) is 0 Å². The SMILES string of the molecule is CCC(=O)C=CCCCc1ccc(O)c(OC)c1. The van der Waals surface area contributed by atoms with Gasteiger partial charge in [-0.3, -0.25) is 4.79 Å². The molecule has 1 aromatic carbocycles. The number of benzene rings is 1. The van der Waals surface area contributed by atoms with E-state index in [2.05, 4.69) is 0 Å². The highest BCUT2D eigenvalue weighted by Crippen LogP contribution is 2.26. The lowest BCUT2D eigenvalue weighted by atomic mass is 10.1. The molecular formula is C15H20O3. The third kappa shape index (κ3) is 4.62. The van der Waals surface area contributed by atoms with E-state index < -0.39 is 0 Å². The van der Waals surface area contributed by atoms with E-state index in [0.29, 0.717) is 12.2 Å². The summed E-state index contributed by atoms with van der Waals surface area (Å²) in [4.78, 5) is 11.0. The van der Waals surface area contributed by atoms with Crippen LogP contribution in [0.3, 0.4) is 0 Å². The van der Waals surface area contributed by atoms with Crippen molar-refractivity contribution in [2.75, 3.05) is 7.11 Å². The van der Waals surface area contributed by atoms with Crippen LogP contribution in [0.15, 0.2) is 30.4 Å². The van der Waals surface area contributed by atoms with E-state index in [0.717, 1.165) is 24.8 Å². The van der Waals surface area contributed by atoms with Gasteiger partial charge in [0.25, 0.3) is 0 Å². The minimum Gasteiger partial charge on any atom is -0.504 e.